The van der Waals surface area contributed by atoms with E-state index in [-0.39, 0.29) is 34.8 Å². The van der Waals surface area contributed by atoms with Gasteiger partial charge in [0, 0.05) is 49.7 Å². The van der Waals surface area contributed by atoms with E-state index in [2.05, 4.69) is 42.5 Å². The smallest absolute Gasteiger partial charge is 0.276 e. The van der Waals surface area contributed by atoms with Gasteiger partial charge in [-0.15, -0.1) is 0 Å². The summed E-state index contributed by atoms with van der Waals surface area (Å²) in [5.74, 6) is -1.23. The number of aryl methyl sites for hydroxylation is 1. The van der Waals surface area contributed by atoms with Crippen molar-refractivity contribution in [1.29, 1.82) is 0 Å². The fraction of sp³-hybridized carbons (Fsp3) is 0.571. The summed E-state index contributed by atoms with van der Waals surface area (Å²) < 4.78 is 30.9. The highest BCUT2D eigenvalue weighted by atomic mass is 19.1. The predicted molar refractivity (Wildman–Crippen MR) is 110 cm³/mol. The van der Waals surface area contributed by atoms with Crippen LogP contribution in [0.4, 0.5) is 20.2 Å². The Morgan fingerprint density at radius 3 is 2.43 bits per heavy atom. The second kappa shape index (κ2) is 6.44. The normalized spacial score (nSPS) is 22.8. The van der Waals surface area contributed by atoms with Crippen molar-refractivity contribution in [2.24, 2.45) is 7.05 Å². The molecule has 2 aliphatic rings. The molecule has 0 radical (unpaired) electrons. The fourth-order valence-electron chi connectivity index (χ4n) is 4.65. The number of nitrogens with zero attached hydrogens (tertiary/aromatic N) is 4. The molecule has 0 amide bonds. The third-order valence-corrected chi connectivity index (χ3v) is 6.50. The lowest BCUT2D eigenvalue weighted by Crippen LogP contribution is -2.63. The van der Waals surface area contributed by atoms with Crippen molar-refractivity contribution in [2.45, 2.75) is 45.8 Å². The molecule has 3 heterocycles. The topological polar surface area (TPSA) is 31.7 Å². The minimum absolute atomic E-state index is 0.0535. The average Bonchev–Trinajstić information content (AvgIpc) is 2.63. The Morgan fingerprint density at radius 1 is 1.11 bits per heavy atom. The van der Waals surface area contributed by atoms with Crippen molar-refractivity contribution in [1.82, 2.24) is 9.47 Å². The largest absolute Gasteiger partial charge is 0.362 e. The van der Waals surface area contributed by atoms with Gasteiger partial charge in [0.1, 0.15) is 11.5 Å². The summed E-state index contributed by atoms with van der Waals surface area (Å²) in [5, 5.41) is 0.477. The highest BCUT2D eigenvalue weighted by molar-refractivity contribution is 6.00. The molecular weight excluding hydrogens is 362 g/mol. The molecule has 0 aliphatic carbocycles. The van der Waals surface area contributed by atoms with Gasteiger partial charge in [-0.05, 0) is 40.8 Å². The summed E-state index contributed by atoms with van der Waals surface area (Å²) in [4.78, 5) is 19.9. The third-order valence-electron chi connectivity index (χ3n) is 6.50. The van der Waals surface area contributed by atoms with E-state index in [0.717, 1.165) is 19.6 Å². The van der Waals surface area contributed by atoms with Gasteiger partial charge in [0.25, 0.3) is 5.56 Å². The highest BCUT2D eigenvalue weighted by Gasteiger charge is 2.40. The third kappa shape index (κ3) is 2.55. The van der Waals surface area contributed by atoms with Gasteiger partial charge in [-0.25, -0.2) is 8.78 Å². The molecule has 152 valence electrons. The van der Waals surface area contributed by atoms with Gasteiger partial charge >= 0.3 is 0 Å². The number of anilines is 2. The summed E-state index contributed by atoms with van der Waals surface area (Å²) in [6.07, 6.45) is 0. The Labute approximate surface area is 164 Å². The van der Waals surface area contributed by atoms with Crippen LogP contribution in [0.1, 0.15) is 26.3 Å². The van der Waals surface area contributed by atoms with Crippen molar-refractivity contribution in [3.05, 3.63) is 33.6 Å². The Kier molecular flexibility index (Phi) is 4.41. The van der Waals surface area contributed by atoms with E-state index >= 15 is 4.39 Å². The number of rotatable bonds is 1. The summed E-state index contributed by atoms with van der Waals surface area (Å²) in [5.41, 5.74) is 1.13. The van der Waals surface area contributed by atoms with Crippen LogP contribution in [0.15, 0.2) is 10.9 Å². The van der Waals surface area contributed by atoms with Crippen LogP contribution in [0, 0.1) is 18.6 Å². The Morgan fingerprint density at radius 2 is 1.79 bits per heavy atom. The molecule has 0 bridgehead atoms. The van der Waals surface area contributed by atoms with Crippen molar-refractivity contribution in [3.63, 3.8) is 0 Å². The summed E-state index contributed by atoms with van der Waals surface area (Å²) in [7, 11) is 3.67. The van der Waals surface area contributed by atoms with Gasteiger partial charge in [-0.1, -0.05) is 0 Å². The van der Waals surface area contributed by atoms with Gasteiger partial charge in [0.2, 0.25) is 0 Å². The number of likely N-dealkylation sites (N-methyl/N-ethyl adjacent to an activating group) is 1. The van der Waals surface area contributed by atoms with Crippen molar-refractivity contribution >= 4 is 22.3 Å². The number of hydrogen-bond acceptors (Lipinski definition) is 4. The molecule has 1 aromatic carbocycles. The van der Waals surface area contributed by atoms with Gasteiger partial charge in [-0.3, -0.25) is 9.69 Å². The lowest BCUT2D eigenvalue weighted by atomic mass is 9.97. The predicted octanol–water partition coefficient (Wildman–Crippen LogP) is 2.86. The maximum absolute atomic E-state index is 15.0. The maximum Gasteiger partial charge on any atom is 0.276 e. The van der Waals surface area contributed by atoms with Crippen molar-refractivity contribution < 1.29 is 8.78 Å². The molecule has 7 heteroatoms. The van der Waals surface area contributed by atoms with Crippen molar-refractivity contribution in [2.75, 3.05) is 36.5 Å². The number of hydrogen-bond donors (Lipinski definition) is 0. The Hall–Kier alpha value is -2.15. The molecule has 1 aromatic heterocycles. The monoisotopic (exact) mass is 390 g/mol. The van der Waals surface area contributed by atoms with Crippen LogP contribution in [0.3, 0.4) is 0 Å². The van der Waals surface area contributed by atoms with Gasteiger partial charge < -0.3 is 14.4 Å². The molecular formula is C21H28F2N4O. The SMILES string of the molecule is Cc1c(F)cc2c3c(c(=O)n(C)c2c1F)N(C(C)C)CC1CN(C)C(C)CN31. The van der Waals surface area contributed by atoms with E-state index in [1.807, 2.05) is 0 Å². The zero-order chi connectivity index (χ0) is 20.5. The first-order chi connectivity index (χ1) is 13.1. The first-order valence-corrected chi connectivity index (χ1v) is 9.88. The molecule has 0 saturated carbocycles. The van der Waals surface area contributed by atoms with Crippen LogP contribution in [-0.2, 0) is 7.05 Å². The number of aromatic nitrogens is 1. The Balaban J connectivity index is 2.12. The molecule has 2 aromatic rings. The molecule has 2 unspecified atom stereocenters. The summed E-state index contributed by atoms with van der Waals surface area (Å²) >= 11 is 0. The van der Waals surface area contributed by atoms with Crippen LogP contribution >= 0.6 is 0 Å². The molecule has 2 atom stereocenters. The van der Waals surface area contributed by atoms with Crippen molar-refractivity contribution in [3.8, 4) is 0 Å². The summed E-state index contributed by atoms with van der Waals surface area (Å²) in [6, 6.07) is 1.96. The number of fused-ring (bicyclic) bond motifs is 5. The van der Waals surface area contributed by atoms with E-state index in [1.54, 1.807) is 7.05 Å². The van der Waals surface area contributed by atoms with Crippen LogP contribution in [0.5, 0.6) is 0 Å². The number of piperazine rings is 1. The van der Waals surface area contributed by atoms with E-state index in [4.69, 9.17) is 0 Å². The van der Waals surface area contributed by atoms with Gasteiger partial charge in [0.15, 0.2) is 5.82 Å². The van der Waals surface area contributed by atoms with Crippen LogP contribution < -0.4 is 15.4 Å². The molecule has 5 nitrogen and oxygen atoms in total. The van der Waals surface area contributed by atoms with Gasteiger partial charge in [-0.2, -0.15) is 0 Å². The molecule has 2 aliphatic heterocycles. The second-order valence-corrected chi connectivity index (χ2v) is 8.60. The average molecular weight is 390 g/mol. The van der Waals surface area contributed by atoms with E-state index in [0.29, 0.717) is 16.8 Å². The summed E-state index contributed by atoms with van der Waals surface area (Å²) in [6.45, 7) is 9.94. The van der Waals surface area contributed by atoms with Gasteiger partial charge in [0.05, 0.1) is 17.2 Å². The van der Waals surface area contributed by atoms with E-state index < -0.39 is 11.6 Å². The lowest BCUT2D eigenvalue weighted by molar-refractivity contribution is 0.197. The number of pyridine rings is 1. The second-order valence-electron chi connectivity index (χ2n) is 8.60. The Bertz CT molecular complexity index is 1020. The maximum atomic E-state index is 15.0. The zero-order valence-corrected chi connectivity index (χ0v) is 17.4. The van der Waals surface area contributed by atoms with E-state index in [9.17, 15) is 9.18 Å². The number of halogens is 2. The molecule has 0 spiro atoms. The first-order valence-electron chi connectivity index (χ1n) is 9.88. The molecule has 1 saturated heterocycles. The van der Waals surface area contributed by atoms with Crippen LogP contribution in [-0.4, -0.2) is 54.3 Å². The molecule has 1 fully saturated rings. The van der Waals surface area contributed by atoms with Crippen LogP contribution in [0.25, 0.3) is 10.9 Å². The number of benzene rings is 1. The zero-order valence-electron chi connectivity index (χ0n) is 17.4. The first kappa shape index (κ1) is 19.2. The highest BCUT2D eigenvalue weighted by Crippen LogP contribution is 2.42. The molecule has 28 heavy (non-hydrogen) atoms. The lowest BCUT2D eigenvalue weighted by Gasteiger charge is -2.52. The fourth-order valence-corrected chi connectivity index (χ4v) is 4.65. The minimum Gasteiger partial charge on any atom is -0.362 e. The van der Waals surface area contributed by atoms with E-state index in [1.165, 1.54) is 17.6 Å². The molecule has 4 rings (SSSR count). The minimum atomic E-state index is -0.655. The quantitative estimate of drug-likeness (QED) is 0.750. The standard InChI is InChI=1S/C21H28F2N4O/c1-11(2)26-10-14-9-24(5)12(3)8-27(14)19-15-7-16(22)13(4)17(23)18(15)25(6)21(28)20(19)26/h7,11-12,14H,8-10H2,1-6H3. The van der Waals surface area contributed by atoms with Crippen LogP contribution in [0.2, 0.25) is 0 Å². The molecule has 0 N–H and O–H groups in total.